The normalized spacial score (nSPS) is 8.92. The second-order valence-corrected chi connectivity index (χ2v) is 2.46. The summed E-state index contributed by atoms with van der Waals surface area (Å²) >= 11 is 0. The predicted molar refractivity (Wildman–Crippen MR) is 49.0 cm³/mol. The highest BCUT2D eigenvalue weighted by molar-refractivity contribution is 5.94. The van der Waals surface area contributed by atoms with Crippen molar-refractivity contribution in [2.45, 2.75) is 6.92 Å². The molecule has 0 radical (unpaired) electrons. The van der Waals surface area contributed by atoms with Crippen molar-refractivity contribution in [2.24, 2.45) is 5.73 Å². The second-order valence-electron chi connectivity index (χ2n) is 2.46. The molecule has 1 rings (SSSR count). The van der Waals surface area contributed by atoms with Crippen LogP contribution < -0.4 is 10.6 Å². The van der Waals surface area contributed by atoms with Crippen molar-refractivity contribution in [3.8, 4) is 6.19 Å². The third-order valence-corrected chi connectivity index (χ3v) is 1.53. The summed E-state index contributed by atoms with van der Waals surface area (Å²) < 4.78 is 0. The molecule has 0 spiro atoms. The monoisotopic (exact) mass is 175 g/mol. The Balaban J connectivity index is 3.14. The van der Waals surface area contributed by atoms with Gasteiger partial charge in [-0.05, 0) is 18.6 Å². The van der Waals surface area contributed by atoms with Crippen molar-refractivity contribution in [1.82, 2.24) is 4.98 Å². The minimum absolute atomic E-state index is 0.329. The number of nitrogens with two attached hydrogens (primary N) is 1. The lowest BCUT2D eigenvalue weighted by atomic mass is 10.3. The largest absolute Gasteiger partial charge is 0.369 e. The van der Waals surface area contributed by atoms with Gasteiger partial charge < -0.3 is 5.73 Å². The van der Waals surface area contributed by atoms with Crippen LogP contribution in [-0.2, 0) is 0 Å². The molecule has 1 aromatic heterocycles. The Morgan fingerprint density at radius 1 is 1.77 bits per heavy atom. The summed E-state index contributed by atoms with van der Waals surface area (Å²) in [4.78, 5) is 4.92. The summed E-state index contributed by atoms with van der Waals surface area (Å²) in [6, 6.07) is 3.56. The van der Waals surface area contributed by atoms with Crippen molar-refractivity contribution < 1.29 is 0 Å². The Bertz CT molecular complexity index is 365. The summed E-state index contributed by atoms with van der Waals surface area (Å²) in [6.07, 6.45) is 3.33. The van der Waals surface area contributed by atoms with Gasteiger partial charge in [-0.2, -0.15) is 10.2 Å². The van der Waals surface area contributed by atoms with E-state index in [9.17, 15) is 0 Å². The molecule has 0 aliphatic rings. The van der Waals surface area contributed by atoms with E-state index in [-0.39, 0.29) is 5.96 Å². The summed E-state index contributed by atoms with van der Waals surface area (Å²) in [5.41, 5.74) is 6.00. The average Bonchev–Trinajstić information content (AvgIpc) is 2.09. The molecule has 5 nitrogen and oxygen atoms in total. The van der Waals surface area contributed by atoms with Gasteiger partial charge in [0.15, 0.2) is 12.0 Å². The maximum absolute atomic E-state index is 8.69. The van der Waals surface area contributed by atoms with Crippen LogP contribution in [0.4, 0.5) is 5.82 Å². The fourth-order valence-electron chi connectivity index (χ4n) is 0.927. The van der Waals surface area contributed by atoms with Gasteiger partial charge in [0.05, 0.1) is 0 Å². The second kappa shape index (κ2) is 3.54. The molecule has 0 unspecified atom stereocenters. The van der Waals surface area contributed by atoms with Gasteiger partial charge in [0.1, 0.15) is 0 Å². The Labute approximate surface area is 75.9 Å². The molecule has 5 heteroatoms. The van der Waals surface area contributed by atoms with Gasteiger partial charge in [0.25, 0.3) is 0 Å². The van der Waals surface area contributed by atoms with Crippen LogP contribution in [0.15, 0.2) is 18.3 Å². The number of hydrogen-bond donors (Lipinski definition) is 2. The maximum Gasteiger partial charge on any atom is 0.208 e. The van der Waals surface area contributed by atoms with Gasteiger partial charge in [-0.15, -0.1) is 0 Å². The zero-order valence-electron chi connectivity index (χ0n) is 7.15. The highest BCUT2D eigenvalue weighted by Crippen LogP contribution is 2.13. The van der Waals surface area contributed by atoms with Crippen LogP contribution in [0, 0.1) is 23.8 Å². The SMILES string of the molecule is Cc1cccnc1N(C#N)C(=N)N. The molecule has 0 aliphatic carbocycles. The van der Waals surface area contributed by atoms with Gasteiger partial charge in [0.2, 0.25) is 5.96 Å². The lowest BCUT2D eigenvalue weighted by molar-refractivity contribution is 1.15. The third kappa shape index (κ3) is 1.73. The first kappa shape index (κ1) is 9.00. The van der Waals surface area contributed by atoms with E-state index in [0.29, 0.717) is 5.82 Å². The first-order valence-electron chi connectivity index (χ1n) is 3.62. The van der Waals surface area contributed by atoms with Crippen LogP contribution >= 0.6 is 0 Å². The van der Waals surface area contributed by atoms with E-state index >= 15 is 0 Å². The van der Waals surface area contributed by atoms with E-state index in [1.807, 2.05) is 0 Å². The van der Waals surface area contributed by atoms with Crippen molar-refractivity contribution in [1.29, 1.82) is 10.7 Å². The molecule has 0 bridgehead atoms. The van der Waals surface area contributed by atoms with Crippen LogP contribution in [0.5, 0.6) is 0 Å². The summed E-state index contributed by atoms with van der Waals surface area (Å²) in [5.74, 6) is 0.0711. The molecule has 13 heavy (non-hydrogen) atoms. The predicted octanol–water partition coefficient (Wildman–Crippen LogP) is 0.571. The Kier molecular flexibility index (Phi) is 2.45. The molecule has 0 saturated carbocycles. The van der Waals surface area contributed by atoms with Crippen LogP contribution in [0.25, 0.3) is 0 Å². The minimum atomic E-state index is -0.329. The molecular formula is C8H9N5. The lowest BCUT2D eigenvalue weighted by Crippen LogP contribution is -2.33. The first-order valence-corrected chi connectivity index (χ1v) is 3.62. The van der Waals surface area contributed by atoms with Crippen LogP contribution in [-0.4, -0.2) is 10.9 Å². The fraction of sp³-hybridized carbons (Fsp3) is 0.125. The molecule has 0 aliphatic heterocycles. The molecule has 0 amide bonds. The maximum atomic E-state index is 8.69. The van der Waals surface area contributed by atoms with Crippen molar-refractivity contribution >= 4 is 11.8 Å². The molecule has 1 aromatic rings. The van der Waals surface area contributed by atoms with Gasteiger partial charge in [0, 0.05) is 6.20 Å². The summed E-state index contributed by atoms with van der Waals surface area (Å²) in [6.45, 7) is 1.80. The number of nitrogens with one attached hydrogen (secondary N) is 1. The van der Waals surface area contributed by atoms with Crippen molar-refractivity contribution in [3.63, 3.8) is 0 Å². The number of aromatic nitrogens is 1. The highest BCUT2D eigenvalue weighted by Gasteiger charge is 2.11. The summed E-state index contributed by atoms with van der Waals surface area (Å²) in [7, 11) is 0. The molecule has 1 heterocycles. The third-order valence-electron chi connectivity index (χ3n) is 1.53. The zero-order valence-corrected chi connectivity index (χ0v) is 7.15. The number of nitrogens with zero attached hydrogens (tertiary/aromatic N) is 3. The quantitative estimate of drug-likeness (QED) is 0.282. The number of anilines is 1. The number of hydrogen-bond acceptors (Lipinski definition) is 3. The van der Waals surface area contributed by atoms with E-state index < -0.39 is 0 Å². The number of guanidine groups is 1. The van der Waals surface area contributed by atoms with E-state index in [2.05, 4.69) is 4.98 Å². The smallest absolute Gasteiger partial charge is 0.208 e. The van der Waals surface area contributed by atoms with E-state index in [1.54, 1.807) is 31.4 Å². The fourth-order valence-corrected chi connectivity index (χ4v) is 0.927. The van der Waals surface area contributed by atoms with Gasteiger partial charge in [-0.25, -0.2) is 4.98 Å². The number of nitriles is 1. The highest BCUT2D eigenvalue weighted by atomic mass is 15.3. The van der Waals surface area contributed by atoms with Gasteiger partial charge in [-0.3, -0.25) is 5.41 Å². The van der Waals surface area contributed by atoms with Crippen molar-refractivity contribution in [3.05, 3.63) is 23.9 Å². The number of aryl methyl sites for hydroxylation is 1. The van der Waals surface area contributed by atoms with Crippen LogP contribution in [0.1, 0.15) is 5.56 Å². The lowest BCUT2D eigenvalue weighted by Gasteiger charge is -2.13. The minimum Gasteiger partial charge on any atom is -0.369 e. The topological polar surface area (TPSA) is 89.8 Å². The standard InChI is InChI=1S/C8H9N5/c1-6-3-2-4-12-7(6)13(5-9)8(10)11/h2-4H,1H3,(H3,10,11). The summed E-state index contributed by atoms with van der Waals surface area (Å²) in [5, 5.41) is 15.8. The van der Waals surface area contributed by atoms with E-state index in [1.165, 1.54) is 0 Å². The Morgan fingerprint density at radius 2 is 2.46 bits per heavy atom. The molecule has 66 valence electrons. The number of rotatable bonds is 1. The Hall–Kier alpha value is -2.09. The van der Waals surface area contributed by atoms with E-state index in [4.69, 9.17) is 16.4 Å². The zero-order chi connectivity index (χ0) is 9.84. The molecule has 3 N–H and O–H groups in total. The average molecular weight is 175 g/mol. The van der Waals surface area contributed by atoms with E-state index in [0.717, 1.165) is 10.5 Å². The van der Waals surface area contributed by atoms with Crippen LogP contribution in [0.3, 0.4) is 0 Å². The molecule has 0 atom stereocenters. The molecule has 0 aromatic carbocycles. The van der Waals surface area contributed by atoms with Crippen molar-refractivity contribution in [2.75, 3.05) is 4.90 Å². The van der Waals surface area contributed by atoms with Crippen LogP contribution in [0.2, 0.25) is 0 Å². The van der Waals surface area contributed by atoms with Gasteiger partial charge >= 0.3 is 0 Å². The molecular weight excluding hydrogens is 166 g/mol. The molecule has 0 fully saturated rings. The Morgan fingerprint density at radius 3 is 2.92 bits per heavy atom. The first-order chi connectivity index (χ1) is 6.16. The van der Waals surface area contributed by atoms with Gasteiger partial charge in [-0.1, -0.05) is 6.07 Å². The molecule has 0 saturated heterocycles. The number of pyridine rings is 1.